The third-order valence-corrected chi connectivity index (χ3v) is 8.21. The monoisotopic (exact) mass is 599 g/mol. The lowest BCUT2D eigenvalue weighted by Gasteiger charge is -2.28. The number of nitrogens with zero attached hydrogens (tertiary/aromatic N) is 5. The smallest absolute Gasteiger partial charge is 0.224 e. The zero-order chi connectivity index (χ0) is 25.4. The number of ether oxygens (including phenoxy) is 2. The number of hydrogen-bond acceptors (Lipinski definition) is 7. The third-order valence-electron chi connectivity index (χ3n) is 7.07. The molecular weight excluding hydrogens is 569 g/mol. The highest BCUT2D eigenvalue weighted by molar-refractivity contribution is 14.1. The predicted molar refractivity (Wildman–Crippen MR) is 146 cm³/mol. The van der Waals surface area contributed by atoms with Crippen molar-refractivity contribution in [3.63, 3.8) is 0 Å². The number of aromatic nitrogens is 4. The molecule has 0 bridgehead atoms. The molecule has 2 fully saturated rings. The lowest BCUT2D eigenvalue weighted by atomic mass is 9.97. The lowest BCUT2D eigenvalue weighted by molar-refractivity contribution is -0.138. The normalized spacial score (nSPS) is 23.4. The van der Waals surface area contributed by atoms with Gasteiger partial charge in [0.2, 0.25) is 3.79 Å². The van der Waals surface area contributed by atoms with Gasteiger partial charge in [0.05, 0.1) is 25.0 Å². The van der Waals surface area contributed by atoms with Gasteiger partial charge in [0.1, 0.15) is 17.7 Å². The van der Waals surface area contributed by atoms with E-state index in [9.17, 15) is 4.79 Å². The first-order chi connectivity index (χ1) is 17.3. The van der Waals surface area contributed by atoms with E-state index < -0.39 is 5.60 Å². The summed E-state index contributed by atoms with van der Waals surface area (Å²) >= 11 is 1.82. The second kappa shape index (κ2) is 10.1. The van der Waals surface area contributed by atoms with Gasteiger partial charge in [-0.15, -0.1) is 12.3 Å². The molecule has 36 heavy (non-hydrogen) atoms. The lowest BCUT2D eigenvalue weighted by Crippen LogP contribution is -2.40. The molecule has 4 atom stereocenters. The first-order valence-electron chi connectivity index (χ1n) is 12.2. The highest BCUT2D eigenvalue weighted by atomic mass is 127. The molecule has 1 saturated carbocycles. The molecule has 0 N–H and O–H groups in total. The molecule has 3 aromatic rings. The summed E-state index contributed by atoms with van der Waals surface area (Å²) in [6.07, 6.45) is 10.4. The molecular formula is C27H30IN5O3. The number of rotatable bonds is 9. The van der Waals surface area contributed by atoms with Crippen molar-refractivity contribution >= 4 is 43.4 Å². The van der Waals surface area contributed by atoms with Gasteiger partial charge >= 0.3 is 0 Å². The maximum absolute atomic E-state index is 12.5. The number of benzene rings is 1. The summed E-state index contributed by atoms with van der Waals surface area (Å²) in [6.45, 7) is 3.94. The highest BCUT2D eigenvalue weighted by Crippen LogP contribution is 2.38. The van der Waals surface area contributed by atoms with Crippen LogP contribution in [0.1, 0.15) is 43.8 Å². The molecule has 2 aromatic heterocycles. The molecule has 1 aliphatic carbocycles. The molecule has 3 heterocycles. The number of anilines is 1. The van der Waals surface area contributed by atoms with Crippen LogP contribution in [0, 0.1) is 25.2 Å². The number of carbonyl (C=O) groups excluding carboxylic acids is 1. The first-order valence-corrected chi connectivity index (χ1v) is 13.3. The average Bonchev–Trinajstić information content (AvgIpc) is 3.50. The van der Waals surface area contributed by atoms with E-state index >= 15 is 0 Å². The molecule has 4 unspecified atom stereocenters. The van der Waals surface area contributed by atoms with Crippen molar-refractivity contribution < 1.29 is 14.3 Å². The first kappa shape index (κ1) is 25.1. The summed E-state index contributed by atoms with van der Waals surface area (Å²) in [4.78, 5) is 28.8. The van der Waals surface area contributed by atoms with Crippen LogP contribution in [0.2, 0.25) is 0 Å². The second-order valence-electron chi connectivity index (χ2n) is 9.88. The number of aryl methyl sites for hydroxylation is 1. The zero-order valence-corrected chi connectivity index (χ0v) is 22.9. The fourth-order valence-corrected chi connectivity index (χ4v) is 5.11. The van der Waals surface area contributed by atoms with E-state index in [1.54, 1.807) is 6.33 Å². The van der Waals surface area contributed by atoms with Gasteiger partial charge in [0, 0.05) is 48.5 Å². The van der Waals surface area contributed by atoms with Crippen LogP contribution in [-0.4, -0.2) is 54.7 Å². The van der Waals surface area contributed by atoms with Crippen LogP contribution < -0.4 is 4.90 Å². The van der Waals surface area contributed by atoms with Crippen LogP contribution in [0.4, 0.5) is 5.82 Å². The zero-order valence-electron chi connectivity index (χ0n) is 20.7. The van der Waals surface area contributed by atoms with Gasteiger partial charge in [-0.2, -0.15) is 0 Å². The van der Waals surface area contributed by atoms with Crippen molar-refractivity contribution in [3.8, 4) is 12.3 Å². The molecule has 1 aliphatic heterocycles. The van der Waals surface area contributed by atoms with Gasteiger partial charge in [0.25, 0.3) is 0 Å². The Kier molecular flexibility index (Phi) is 7.03. The Morgan fingerprint density at radius 2 is 2.08 bits per heavy atom. The van der Waals surface area contributed by atoms with Gasteiger partial charge in [-0.3, -0.25) is 9.36 Å². The summed E-state index contributed by atoms with van der Waals surface area (Å²) in [5, 5.41) is 0. The highest BCUT2D eigenvalue weighted by Gasteiger charge is 2.40. The largest absolute Gasteiger partial charge is 0.364 e. The topological polar surface area (TPSA) is 82.4 Å². The molecule has 5 rings (SSSR count). The Bertz CT molecular complexity index is 1300. The van der Waals surface area contributed by atoms with Gasteiger partial charge in [-0.1, -0.05) is 30.3 Å². The predicted octanol–water partition coefficient (Wildman–Crippen LogP) is 4.25. The second-order valence-corrected chi connectivity index (χ2v) is 10.9. The minimum atomic E-state index is -0.975. The SMILES string of the molecule is C#CC1CC(n2cnc3c(N(C)C4CC4)nc(C)nc32)OC1COC(C)(Cc1ccccc1)C(=O)I. The number of terminal acetylenes is 1. The van der Waals surface area contributed by atoms with Gasteiger partial charge in [0.15, 0.2) is 17.0 Å². The van der Waals surface area contributed by atoms with Crippen LogP contribution in [0.5, 0.6) is 0 Å². The molecule has 1 saturated heterocycles. The van der Waals surface area contributed by atoms with E-state index in [0.29, 0.717) is 24.7 Å². The number of halogens is 1. The minimum absolute atomic E-state index is 0.0594. The summed E-state index contributed by atoms with van der Waals surface area (Å²) in [6, 6.07) is 10.4. The van der Waals surface area contributed by atoms with Crippen LogP contribution in [0.3, 0.4) is 0 Å². The van der Waals surface area contributed by atoms with E-state index in [1.165, 1.54) is 12.8 Å². The minimum Gasteiger partial charge on any atom is -0.364 e. The molecule has 9 heteroatoms. The van der Waals surface area contributed by atoms with Crippen molar-refractivity contribution in [3.05, 3.63) is 48.0 Å². The summed E-state index contributed by atoms with van der Waals surface area (Å²) < 4.78 is 14.5. The number of carbonyl (C=O) groups is 1. The Labute approximate surface area is 224 Å². The van der Waals surface area contributed by atoms with Crippen molar-refractivity contribution in [2.75, 3.05) is 18.6 Å². The molecule has 2 aliphatic rings. The van der Waals surface area contributed by atoms with Crippen molar-refractivity contribution in [2.24, 2.45) is 5.92 Å². The molecule has 1 aromatic carbocycles. The molecule has 0 spiro atoms. The van der Waals surface area contributed by atoms with Gasteiger partial charge < -0.3 is 14.4 Å². The Morgan fingerprint density at radius 3 is 2.75 bits per heavy atom. The quantitative estimate of drug-likeness (QED) is 0.207. The maximum Gasteiger partial charge on any atom is 0.224 e. The molecule has 0 amide bonds. The van der Waals surface area contributed by atoms with Crippen LogP contribution in [0.25, 0.3) is 11.2 Å². The molecule has 0 radical (unpaired) electrons. The standard InChI is InChI=1S/C27H30IN5O3/c1-5-19-13-22(33-16-29-23-24(32(4)20-11-12-20)30-17(2)31-25(23)33)36-21(19)15-35-27(3,26(28)34)14-18-9-7-6-8-10-18/h1,6-10,16,19-22H,11-15H2,2-4H3. The third kappa shape index (κ3) is 4.99. The fraction of sp³-hybridized carbons (Fsp3) is 0.481. The fourth-order valence-electron chi connectivity index (χ4n) is 4.76. The number of imidazole rings is 1. The summed E-state index contributed by atoms with van der Waals surface area (Å²) in [5.41, 5.74) is 1.57. The van der Waals surface area contributed by atoms with Crippen LogP contribution in [0.15, 0.2) is 36.7 Å². The van der Waals surface area contributed by atoms with Gasteiger partial charge in [-0.25, -0.2) is 15.0 Å². The van der Waals surface area contributed by atoms with E-state index in [2.05, 4.69) is 32.8 Å². The molecule has 8 nitrogen and oxygen atoms in total. The summed E-state index contributed by atoms with van der Waals surface area (Å²) in [7, 11) is 2.06. The maximum atomic E-state index is 12.5. The number of hydrogen-bond donors (Lipinski definition) is 0. The Morgan fingerprint density at radius 1 is 1.33 bits per heavy atom. The van der Waals surface area contributed by atoms with E-state index in [0.717, 1.165) is 22.5 Å². The van der Waals surface area contributed by atoms with E-state index in [4.69, 9.17) is 15.9 Å². The van der Waals surface area contributed by atoms with Crippen LogP contribution >= 0.6 is 22.6 Å². The van der Waals surface area contributed by atoms with Crippen molar-refractivity contribution in [1.29, 1.82) is 0 Å². The van der Waals surface area contributed by atoms with Crippen LogP contribution in [-0.2, 0) is 20.7 Å². The van der Waals surface area contributed by atoms with Gasteiger partial charge in [-0.05, 0) is 32.3 Å². The average molecular weight is 599 g/mol. The van der Waals surface area contributed by atoms with Crippen molar-refractivity contribution in [1.82, 2.24) is 19.5 Å². The van der Waals surface area contributed by atoms with Crippen molar-refractivity contribution in [2.45, 2.75) is 63.5 Å². The van der Waals surface area contributed by atoms with E-state index in [1.807, 2.05) is 71.3 Å². The van der Waals surface area contributed by atoms with E-state index in [-0.39, 0.29) is 28.6 Å². The number of fused-ring (bicyclic) bond motifs is 1. The Hall–Kier alpha value is -2.55. The Balaban J connectivity index is 1.34. The summed E-state index contributed by atoms with van der Waals surface area (Å²) in [5.74, 6) is 4.25. The molecule has 188 valence electrons.